The molecule has 0 amide bonds. The molecule has 17 nitrogen and oxygen atoms in total. The van der Waals surface area contributed by atoms with Gasteiger partial charge >= 0.3 is 23.9 Å². The topological polar surface area (TPSA) is 289 Å². The zero-order valence-electron chi connectivity index (χ0n) is 42.5. The molecule has 1 rings (SSSR count). The molecular weight excluding hydrogens is 909 g/mol. The molecule has 0 spiro atoms. The number of hydrogen-bond donors (Lipinski definition) is 9. The van der Waals surface area contributed by atoms with Gasteiger partial charge in [0, 0.05) is 38.3 Å². The zero-order valence-corrected chi connectivity index (χ0v) is 42.5. The maximum absolute atomic E-state index is 12.2. The van der Waals surface area contributed by atoms with Crippen molar-refractivity contribution in [2.24, 2.45) is 0 Å². The lowest BCUT2D eigenvalue weighted by molar-refractivity contribution is -0.144. The Balaban J connectivity index is -0.000000398. The van der Waals surface area contributed by atoms with Gasteiger partial charge < -0.3 is 60.2 Å². The number of alkyl halides is 2. The predicted octanol–water partition coefficient (Wildman–Crippen LogP) is 6.96. The van der Waals surface area contributed by atoms with Crippen molar-refractivity contribution in [2.75, 3.05) is 46.1 Å². The van der Waals surface area contributed by atoms with E-state index in [1.54, 1.807) is 6.92 Å². The van der Waals surface area contributed by atoms with Gasteiger partial charge in [0.2, 0.25) is 5.92 Å². The summed E-state index contributed by atoms with van der Waals surface area (Å²) in [4.78, 5) is 55.8. The Morgan fingerprint density at radius 3 is 1.41 bits per heavy atom. The van der Waals surface area contributed by atoms with Crippen molar-refractivity contribution >= 4 is 30.2 Å². The summed E-state index contributed by atoms with van der Waals surface area (Å²) in [5.41, 5.74) is -0.380. The van der Waals surface area contributed by atoms with Crippen LogP contribution in [0.2, 0.25) is 0 Å². The first-order chi connectivity index (χ1) is 32.8. The molecule has 0 aliphatic carbocycles. The van der Waals surface area contributed by atoms with E-state index in [0.29, 0.717) is 39.0 Å². The number of benzene rings is 1. The van der Waals surface area contributed by atoms with Gasteiger partial charge in [-0.05, 0) is 57.2 Å². The fourth-order valence-corrected chi connectivity index (χ4v) is 5.86. The number of carboxylic acid groups (broad SMARTS) is 2. The fourth-order valence-electron chi connectivity index (χ4n) is 5.86. The number of carbonyl (C=O) groups excluding carboxylic acids is 3. The summed E-state index contributed by atoms with van der Waals surface area (Å²) in [5, 5.41) is 78.9. The van der Waals surface area contributed by atoms with Gasteiger partial charge in [-0.3, -0.25) is 14.5 Å². The minimum absolute atomic E-state index is 0.0258. The van der Waals surface area contributed by atoms with Crippen molar-refractivity contribution in [2.45, 2.75) is 206 Å². The molecule has 1 aromatic rings. The number of aliphatic hydroxyl groups is 7. The number of nitrogens with zero attached hydrogens (tertiary/aromatic N) is 1. The Morgan fingerprint density at radius 2 is 1.07 bits per heavy atom. The van der Waals surface area contributed by atoms with E-state index in [4.69, 9.17) is 50.3 Å². The number of rotatable bonds is 35. The number of carboxylic acids is 2. The highest BCUT2D eigenvalue weighted by Crippen LogP contribution is 2.23. The molecule has 0 saturated heterocycles. The second-order valence-corrected chi connectivity index (χ2v) is 16.3. The van der Waals surface area contributed by atoms with E-state index in [2.05, 4.69) is 32.6 Å². The van der Waals surface area contributed by atoms with Gasteiger partial charge in [-0.1, -0.05) is 118 Å². The third kappa shape index (κ3) is 42.9. The highest BCUT2D eigenvalue weighted by atomic mass is 19.3. The Morgan fingerprint density at radius 1 is 0.623 bits per heavy atom. The molecular formula is C50H91F2NO16. The van der Waals surface area contributed by atoms with Crippen LogP contribution in [0.4, 0.5) is 8.78 Å². The Bertz CT molecular complexity index is 1330. The average Bonchev–Trinajstić information content (AvgIpc) is 3.34. The second kappa shape index (κ2) is 49.3. The Labute approximate surface area is 410 Å². The molecule has 69 heavy (non-hydrogen) atoms. The molecule has 0 bridgehead atoms. The van der Waals surface area contributed by atoms with E-state index in [1.165, 1.54) is 31.2 Å². The summed E-state index contributed by atoms with van der Waals surface area (Å²) < 4.78 is 34.5. The van der Waals surface area contributed by atoms with Crippen LogP contribution in [0.3, 0.4) is 0 Å². The van der Waals surface area contributed by atoms with Gasteiger partial charge in [0.05, 0.1) is 44.2 Å². The first-order valence-corrected chi connectivity index (χ1v) is 24.8. The molecule has 0 fully saturated rings. The normalized spacial score (nSPS) is 12.9. The van der Waals surface area contributed by atoms with Crippen LogP contribution in [0, 0.1) is 0 Å². The Hall–Kier alpha value is -3.69. The standard InChI is InChI=1S/C18H34O4.C12H27NO2.C8H6O4.C6H12F2.C6H12O6/c1-3-5-15-21-17(19)13-11-9-7-8-10-12-14-18(20)22-16-6-4-2;1-3-5-7-12(11-15)13(9-10-14)8-6-4-2;9-7(10)5-3-1-2-4-6(5)8(11)12;1-3-5-6(7,8)4-2;7-1-3(9)5(11)6(12)4(10)2-8/h3-16H2,1-2H3;12,14-15H,3-11H2,1-2H3;1-4H,(H,9,10)(H,11,12);3-5H2,1-2H3;1,3-6,8-12H,2H2/t;;;;3-,4+,5+,6+/m....0/s1. The molecule has 0 saturated carbocycles. The van der Waals surface area contributed by atoms with E-state index < -0.39 is 48.9 Å². The number of hydrogen-bond acceptors (Lipinski definition) is 15. The molecule has 0 aliphatic rings. The molecule has 406 valence electrons. The molecule has 19 heteroatoms. The third-order valence-corrected chi connectivity index (χ3v) is 10.3. The van der Waals surface area contributed by atoms with Crippen LogP contribution < -0.4 is 0 Å². The quantitative estimate of drug-likeness (QED) is 0.0189. The van der Waals surface area contributed by atoms with Crippen molar-refractivity contribution in [1.29, 1.82) is 0 Å². The second-order valence-electron chi connectivity index (χ2n) is 16.3. The lowest BCUT2D eigenvalue weighted by atomic mass is 10.0. The number of carbonyl (C=O) groups is 5. The van der Waals surface area contributed by atoms with Gasteiger partial charge in [0.1, 0.15) is 24.4 Å². The molecule has 0 radical (unpaired) electrons. The minimum atomic E-state index is -2.41. The van der Waals surface area contributed by atoms with Crippen LogP contribution in [-0.2, 0) is 23.9 Å². The maximum Gasteiger partial charge on any atom is 0.336 e. The molecule has 1 unspecified atom stereocenters. The van der Waals surface area contributed by atoms with Gasteiger partial charge in [-0.25, -0.2) is 18.4 Å². The average molecular weight is 1000 g/mol. The number of aliphatic hydroxyl groups excluding tert-OH is 7. The van der Waals surface area contributed by atoms with Crippen LogP contribution in [0.1, 0.15) is 191 Å². The molecule has 0 aromatic heterocycles. The lowest BCUT2D eigenvalue weighted by Crippen LogP contribution is -2.46. The summed E-state index contributed by atoms with van der Waals surface area (Å²) in [6, 6.07) is 5.72. The molecule has 1 aromatic carbocycles. The van der Waals surface area contributed by atoms with Crippen LogP contribution in [-0.4, -0.2) is 164 Å². The number of ether oxygens (including phenoxy) is 2. The van der Waals surface area contributed by atoms with Gasteiger partial charge in [-0.2, -0.15) is 0 Å². The zero-order chi connectivity index (χ0) is 53.5. The highest BCUT2D eigenvalue weighted by molar-refractivity contribution is 6.01. The summed E-state index contributed by atoms with van der Waals surface area (Å²) in [6.07, 6.45) is 10.6. The van der Waals surface area contributed by atoms with Crippen LogP contribution in [0.5, 0.6) is 0 Å². The van der Waals surface area contributed by atoms with E-state index in [9.17, 15) is 37.9 Å². The Kier molecular flexibility index (Phi) is 51.3. The fraction of sp³-hybridized carbons (Fsp3) is 0.780. The maximum atomic E-state index is 12.2. The number of halogens is 2. The minimum Gasteiger partial charge on any atom is -0.478 e. The first-order valence-electron chi connectivity index (χ1n) is 24.8. The monoisotopic (exact) mass is 1000 g/mol. The largest absolute Gasteiger partial charge is 0.478 e. The van der Waals surface area contributed by atoms with E-state index in [0.717, 1.165) is 103 Å². The number of aromatic carboxylic acids is 2. The summed E-state index contributed by atoms with van der Waals surface area (Å²) in [5.74, 6) is -5.00. The first kappa shape index (κ1) is 71.9. The van der Waals surface area contributed by atoms with E-state index in [1.807, 2.05) is 0 Å². The van der Waals surface area contributed by atoms with Gasteiger partial charge in [0.15, 0.2) is 6.29 Å². The lowest BCUT2D eigenvalue weighted by Gasteiger charge is -2.29. The number of unbranched alkanes of at least 4 members (excludes halogenated alkanes) is 9. The molecule has 0 heterocycles. The van der Waals surface area contributed by atoms with Gasteiger partial charge in [-0.15, -0.1) is 0 Å². The van der Waals surface area contributed by atoms with Gasteiger partial charge in [0.25, 0.3) is 0 Å². The summed E-state index contributed by atoms with van der Waals surface area (Å²) in [7, 11) is 0. The van der Waals surface area contributed by atoms with Crippen LogP contribution in [0.25, 0.3) is 0 Å². The predicted molar refractivity (Wildman–Crippen MR) is 260 cm³/mol. The van der Waals surface area contributed by atoms with E-state index in [-0.39, 0.29) is 61.4 Å². The van der Waals surface area contributed by atoms with Crippen molar-refractivity contribution in [3.8, 4) is 0 Å². The summed E-state index contributed by atoms with van der Waals surface area (Å²) >= 11 is 0. The SMILES string of the molecule is CCCC(F)(F)CC.CCCCC(CO)N(CCO)CCCC.CCCCOC(=O)CCCCCCCCC(=O)OCCCC.O=C(O)c1ccccc1C(=O)O.O=C[C@H](O)[C@@H](O)[C@H](O)[C@H](O)CO. The van der Waals surface area contributed by atoms with Crippen molar-refractivity contribution in [3.05, 3.63) is 35.4 Å². The molecule has 9 N–H and O–H groups in total. The highest BCUT2D eigenvalue weighted by Gasteiger charge is 2.29. The summed E-state index contributed by atoms with van der Waals surface area (Å²) in [6.45, 7) is 14.2. The van der Waals surface area contributed by atoms with Crippen LogP contribution >= 0.6 is 0 Å². The number of aldehydes is 1. The number of esters is 2. The molecule has 5 atom stereocenters. The third-order valence-electron chi connectivity index (χ3n) is 10.3. The van der Waals surface area contributed by atoms with E-state index >= 15 is 0 Å². The van der Waals surface area contributed by atoms with Crippen LogP contribution in [0.15, 0.2) is 24.3 Å². The molecule has 0 aliphatic heterocycles. The smallest absolute Gasteiger partial charge is 0.336 e. The van der Waals surface area contributed by atoms with Crippen molar-refractivity contribution < 1.29 is 88.2 Å². The van der Waals surface area contributed by atoms with Crippen molar-refractivity contribution in [3.63, 3.8) is 0 Å². The van der Waals surface area contributed by atoms with Crippen molar-refractivity contribution in [1.82, 2.24) is 4.90 Å².